The first-order valence-electron chi connectivity index (χ1n) is 6.40. The van der Waals surface area contributed by atoms with E-state index in [4.69, 9.17) is 0 Å². The lowest BCUT2D eigenvalue weighted by molar-refractivity contribution is 1.32. The van der Waals surface area contributed by atoms with Crippen LogP contribution in [0.4, 0.5) is 0 Å². The van der Waals surface area contributed by atoms with Crippen LogP contribution < -0.4 is 0 Å². The molecule has 2 rings (SSSR count). The van der Waals surface area contributed by atoms with Crippen molar-refractivity contribution >= 4 is 31.9 Å². The maximum absolute atomic E-state index is 3.41. The molecule has 2 aromatic carbocycles. The number of alkyl halides is 2. The second-order valence-electron chi connectivity index (χ2n) is 4.12. The van der Waals surface area contributed by atoms with Crippen LogP contribution in [0.25, 0.3) is 0 Å². The molecule has 0 aliphatic heterocycles. The molecule has 0 unspecified atom stereocenters. The van der Waals surface area contributed by atoms with Gasteiger partial charge in [0.05, 0.1) is 0 Å². The maximum atomic E-state index is 3.41. The number of aryl methyl sites for hydroxylation is 2. The van der Waals surface area contributed by atoms with Gasteiger partial charge in [-0.25, -0.2) is 0 Å². The van der Waals surface area contributed by atoms with Crippen LogP contribution in [0.1, 0.15) is 22.3 Å². The van der Waals surface area contributed by atoms with E-state index in [0.717, 1.165) is 10.7 Å². The van der Waals surface area contributed by atoms with E-state index in [1.807, 2.05) is 0 Å². The third-order valence-corrected chi connectivity index (χ3v) is 4.02. The van der Waals surface area contributed by atoms with Crippen LogP contribution in [0, 0.1) is 13.8 Å². The monoisotopic (exact) mass is 396 g/mol. The molecule has 108 valence electrons. The van der Waals surface area contributed by atoms with Crippen LogP contribution in [0.2, 0.25) is 0 Å². The molecule has 2 aromatic rings. The zero-order chi connectivity index (χ0) is 15.4. The fourth-order valence-electron chi connectivity index (χ4n) is 1.52. The number of halogens is 2. The third-order valence-electron chi connectivity index (χ3n) is 2.81. The maximum Gasteiger partial charge on any atom is 0.0285 e. The number of rotatable bonds is 2. The lowest BCUT2D eigenvalue weighted by atomic mass is 10.1. The Labute approximate surface area is 140 Å². The molecule has 20 heavy (non-hydrogen) atoms. The summed E-state index contributed by atoms with van der Waals surface area (Å²) in [5.41, 5.74) is 5.46. The minimum absolute atomic E-state index is 0.958. The van der Waals surface area contributed by atoms with Gasteiger partial charge < -0.3 is 0 Å². The third kappa shape index (κ3) is 7.06. The molecule has 0 saturated carbocycles. The van der Waals surface area contributed by atoms with Gasteiger partial charge in [0.1, 0.15) is 0 Å². The van der Waals surface area contributed by atoms with E-state index >= 15 is 0 Å². The molecule has 0 nitrogen and oxygen atoms in total. The van der Waals surface area contributed by atoms with Crippen molar-refractivity contribution in [2.75, 3.05) is 0 Å². The molecular formula is C18H22Br2. The van der Waals surface area contributed by atoms with Crippen molar-refractivity contribution in [1.82, 2.24) is 0 Å². The Bertz CT molecular complexity index is 447. The van der Waals surface area contributed by atoms with Crippen molar-refractivity contribution in [2.24, 2.45) is 0 Å². The lowest BCUT2D eigenvalue weighted by Crippen LogP contribution is -1.80. The predicted octanol–water partition coefficient (Wildman–Crippen LogP) is 6.58. The van der Waals surface area contributed by atoms with Gasteiger partial charge >= 0.3 is 0 Å². The summed E-state index contributed by atoms with van der Waals surface area (Å²) >= 11 is 6.82. The standard InChI is InChI=1S/2C8H9Br.C2H4/c2*1-7-4-2-3-5-8(7)6-9;1-2/h2*2-5H,6H2,1H3;1-2H2. The molecule has 0 radical (unpaired) electrons. The first-order chi connectivity index (χ1) is 9.69. The van der Waals surface area contributed by atoms with Gasteiger partial charge in [0.15, 0.2) is 0 Å². The summed E-state index contributed by atoms with van der Waals surface area (Å²) in [7, 11) is 0. The van der Waals surface area contributed by atoms with E-state index in [9.17, 15) is 0 Å². The van der Waals surface area contributed by atoms with E-state index < -0.39 is 0 Å². The summed E-state index contributed by atoms with van der Waals surface area (Å²) in [6, 6.07) is 16.7. The smallest absolute Gasteiger partial charge is 0.0285 e. The summed E-state index contributed by atoms with van der Waals surface area (Å²) in [6.45, 7) is 10.2. The van der Waals surface area contributed by atoms with Crippen molar-refractivity contribution < 1.29 is 0 Å². The average Bonchev–Trinajstić information content (AvgIpc) is 2.51. The topological polar surface area (TPSA) is 0 Å². The Balaban J connectivity index is 0.000000321. The van der Waals surface area contributed by atoms with Crippen LogP contribution in [0.3, 0.4) is 0 Å². The van der Waals surface area contributed by atoms with Crippen LogP contribution in [-0.2, 0) is 10.7 Å². The molecule has 0 saturated heterocycles. The average molecular weight is 398 g/mol. The van der Waals surface area contributed by atoms with Crippen molar-refractivity contribution in [3.8, 4) is 0 Å². The van der Waals surface area contributed by atoms with E-state index in [1.54, 1.807) is 0 Å². The molecule has 0 N–H and O–H groups in total. The fraction of sp³-hybridized carbons (Fsp3) is 0.222. The Morgan fingerprint density at radius 1 is 0.700 bits per heavy atom. The van der Waals surface area contributed by atoms with Crippen LogP contribution in [0.5, 0.6) is 0 Å². The quantitative estimate of drug-likeness (QED) is 0.396. The molecule has 0 spiro atoms. The number of hydrogen-bond acceptors (Lipinski definition) is 0. The molecule has 0 aliphatic rings. The predicted molar refractivity (Wildman–Crippen MR) is 98.9 cm³/mol. The molecule has 0 fully saturated rings. The van der Waals surface area contributed by atoms with Gasteiger partial charge in [-0.3, -0.25) is 0 Å². The highest BCUT2D eigenvalue weighted by molar-refractivity contribution is 9.08. The normalized spacial score (nSPS) is 8.80. The highest BCUT2D eigenvalue weighted by Gasteiger charge is 1.91. The van der Waals surface area contributed by atoms with Gasteiger partial charge in [0.2, 0.25) is 0 Å². The Morgan fingerprint density at radius 2 is 1.00 bits per heavy atom. The summed E-state index contributed by atoms with van der Waals surface area (Å²) in [5.74, 6) is 0. The van der Waals surface area contributed by atoms with Crippen LogP contribution in [-0.4, -0.2) is 0 Å². The van der Waals surface area contributed by atoms with E-state index in [0.29, 0.717) is 0 Å². The highest BCUT2D eigenvalue weighted by Crippen LogP contribution is 2.10. The Kier molecular flexibility index (Phi) is 11.4. The van der Waals surface area contributed by atoms with E-state index in [2.05, 4.69) is 107 Å². The van der Waals surface area contributed by atoms with Crippen molar-refractivity contribution in [1.29, 1.82) is 0 Å². The van der Waals surface area contributed by atoms with Gasteiger partial charge in [-0.1, -0.05) is 80.4 Å². The first kappa shape index (κ1) is 19.1. The zero-order valence-electron chi connectivity index (χ0n) is 12.2. The second kappa shape index (κ2) is 11.9. The summed E-state index contributed by atoms with van der Waals surface area (Å²) < 4.78 is 0. The second-order valence-corrected chi connectivity index (χ2v) is 5.24. The van der Waals surface area contributed by atoms with Crippen LogP contribution in [0.15, 0.2) is 61.7 Å². The molecule has 2 heteroatoms. The van der Waals surface area contributed by atoms with Crippen molar-refractivity contribution in [2.45, 2.75) is 24.5 Å². The van der Waals surface area contributed by atoms with Gasteiger partial charge in [0, 0.05) is 10.7 Å². The van der Waals surface area contributed by atoms with Gasteiger partial charge in [-0.05, 0) is 36.1 Å². The molecule has 0 aromatic heterocycles. The van der Waals surface area contributed by atoms with E-state index in [1.165, 1.54) is 22.3 Å². The fourth-order valence-corrected chi connectivity index (χ4v) is 2.78. The zero-order valence-corrected chi connectivity index (χ0v) is 15.4. The SMILES string of the molecule is C=C.Cc1ccccc1CBr.Cc1ccccc1CBr. The summed E-state index contributed by atoms with van der Waals surface area (Å²) in [6.07, 6.45) is 0. The van der Waals surface area contributed by atoms with Gasteiger partial charge in [0.25, 0.3) is 0 Å². The van der Waals surface area contributed by atoms with Gasteiger partial charge in [-0.15, -0.1) is 13.2 Å². The molecular weight excluding hydrogens is 376 g/mol. The van der Waals surface area contributed by atoms with E-state index in [-0.39, 0.29) is 0 Å². The molecule has 0 bridgehead atoms. The molecule has 0 atom stereocenters. The number of hydrogen-bond donors (Lipinski definition) is 0. The Hall–Kier alpha value is -0.860. The first-order valence-corrected chi connectivity index (χ1v) is 8.64. The highest BCUT2D eigenvalue weighted by atomic mass is 79.9. The Morgan fingerprint density at radius 3 is 1.20 bits per heavy atom. The molecule has 0 aliphatic carbocycles. The summed E-state index contributed by atoms with van der Waals surface area (Å²) in [5, 5.41) is 1.92. The minimum Gasteiger partial charge on any atom is -0.106 e. The molecule has 0 amide bonds. The van der Waals surface area contributed by atoms with Crippen molar-refractivity contribution in [3.05, 3.63) is 83.9 Å². The molecule has 0 heterocycles. The van der Waals surface area contributed by atoms with Crippen molar-refractivity contribution in [3.63, 3.8) is 0 Å². The minimum atomic E-state index is 0.958. The lowest BCUT2D eigenvalue weighted by Gasteiger charge is -1.97. The van der Waals surface area contributed by atoms with Crippen LogP contribution >= 0.6 is 31.9 Å². The number of benzene rings is 2. The summed E-state index contributed by atoms with van der Waals surface area (Å²) in [4.78, 5) is 0. The van der Waals surface area contributed by atoms with Gasteiger partial charge in [-0.2, -0.15) is 0 Å². The largest absolute Gasteiger partial charge is 0.106 e.